The molecular weight excluding hydrogens is 336 g/mol. The molecule has 4 nitrogen and oxygen atoms in total. The normalized spacial score (nSPS) is 10.8. The summed E-state index contributed by atoms with van der Waals surface area (Å²) < 4.78 is 0.961. The molecule has 0 aliphatic rings. The van der Waals surface area contributed by atoms with E-state index in [1.54, 1.807) is 6.20 Å². The second-order valence-corrected chi connectivity index (χ2v) is 6.16. The summed E-state index contributed by atoms with van der Waals surface area (Å²) >= 11 is 4.89. The molecule has 106 valence electrons. The van der Waals surface area contributed by atoms with E-state index in [9.17, 15) is 0 Å². The molecule has 0 saturated carbocycles. The first-order valence-corrected chi connectivity index (χ1v) is 8.17. The first-order chi connectivity index (χ1) is 9.69. The summed E-state index contributed by atoms with van der Waals surface area (Å²) in [6.07, 6.45) is 3.58. The van der Waals surface area contributed by atoms with Gasteiger partial charge in [-0.1, -0.05) is 13.8 Å². The standard InChI is InChI=1S/C14H17BrN4S/c1-3-10-11(7-16)14(19-18-12(10)4-2)20-13-6-5-9(15)8-17-13/h5-6,8H,3-4,7,16H2,1-2H3. The van der Waals surface area contributed by atoms with Crippen LogP contribution in [0.5, 0.6) is 0 Å². The van der Waals surface area contributed by atoms with Crippen molar-refractivity contribution in [2.75, 3.05) is 0 Å². The van der Waals surface area contributed by atoms with Gasteiger partial charge in [-0.3, -0.25) is 0 Å². The zero-order chi connectivity index (χ0) is 14.5. The molecule has 0 aliphatic heterocycles. The molecule has 2 aromatic rings. The zero-order valence-electron chi connectivity index (χ0n) is 11.6. The van der Waals surface area contributed by atoms with Crippen LogP contribution < -0.4 is 5.73 Å². The van der Waals surface area contributed by atoms with Crippen molar-refractivity contribution in [3.8, 4) is 0 Å². The lowest BCUT2D eigenvalue weighted by Gasteiger charge is -2.13. The maximum Gasteiger partial charge on any atom is 0.130 e. The molecule has 2 rings (SSSR count). The first-order valence-electron chi connectivity index (χ1n) is 6.56. The van der Waals surface area contributed by atoms with Gasteiger partial charge in [-0.2, -0.15) is 5.10 Å². The van der Waals surface area contributed by atoms with Crippen LogP contribution >= 0.6 is 27.7 Å². The van der Waals surface area contributed by atoms with Gasteiger partial charge >= 0.3 is 0 Å². The van der Waals surface area contributed by atoms with Crippen molar-refractivity contribution >= 4 is 27.7 Å². The largest absolute Gasteiger partial charge is 0.326 e. The van der Waals surface area contributed by atoms with Crippen molar-refractivity contribution in [3.05, 3.63) is 39.6 Å². The highest BCUT2D eigenvalue weighted by molar-refractivity contribution is 9.10. The van der Waals surface area contributed by atoms with Crippen molar-refractivity contribution in [2.45, 2.75) is 43.3 Å². The molecule has 0 atom stereocenters. The van der Waals surface area contributed by atoms with E-state index in [1.807, 2.05) is 12.1 Å². The van der Waals surface area contributed by atoms with E-state index in [4.69, 9.17) is 5.73 Å². The minimum atomic E-state index is 0.477. The predicted molar refractivity (Wildman–Crippen MR) is 84.7 cm³/mol. The van der Waals surface area contributed by atoms with Crippen molar-refractivity contribution < 1.29 is 0 Å². The van der Waals surface area contributed by atoms with E-state index in [1.165, 1.54) is 17.3 Å². The van der Waals surface area contributed by atoms with Gasteiger partial charge in [-0.05, 0) is 58.2 Å². The number of hydrogen-bond acceptors (Lipinski definition) is 5. The van der Waals surface area contributed by atoms with Gasteiger partial charge in [0.2, 0.25) is 0 Å². The maximum absolute atomic E-state index is 5.92. The number of nitrogens with two attached hydrogens (primary N) is 1. The van der Waals surface area contributed by atoms with E-state index >= 15 is 0 Å². The smallest absolute Gasteiger partial charge is 0.130 e. The molecule has 0 aromatic carbocycles. The molecule has 2 aromatic heterocycles. The van der Waals surface area contributed by atoms with E-state index in [2.05, 4.69) is 45.0 Å². The third-order valence-electron chi connectivity index (χ3n) is 3.03. The summed E-state index contributed by atoms with van der Waals surface area (Å²) in [6.45, 7) is 4.69. The highest BCUT2D eigenvalue weighted by atomic mass is 79.9. The van der Waals surface area contributed by atoms with Crippen molar-refractivity contribution in [3.63, 3.8) is 0 Å². The van der Waals surface area contributed by atoms with Gasteiger partial charge in [0.15, 0.2) is 0 Å². The molecule has 0 bridgehead atoms. The molecule has 0 amide bonds. The van der Waals surface area contributed by atoms with Gasteiger partial charge in [0, 0.05) is 22.8 Å². The van der Waals surface area contributed by atoms with Gasteiger partial charge in [-0.15, -0.1) is 5.10 Å². The molecule has 2 heterocycles. The molecule has 0 fully saturated rings. The Morgan fingerprint density at radius 1 is 1.15 bits per heavy atom. The molecule has 0 spiro atoms. The summed E-state index contributed by atoms with van der Waals surface area (Å²) in [5, 5.41) is 10.4. The summed E-state index contributed by atoms with van der Waals surface area (Å²) in [4.78, 5) is 4.35. The third-order valence-corrected chi connectivity index (χ3v) is 4.47. The van der Waals surface area contributed by atoms with Crippen LogP contribution in [0, 0.1) is 0 Å². The zero-order valence-corrected chi connectivity index (χ0v) is 14.0. The van der Waals surface area contributed by atoms with E-state index < -0.39 is 0 Å². The molecular formula is C14H17BrN4S. The minimum Gasteiger partial charge on any atom is -0.326 e. The van der Waals surface area contributed by atoms with Crippen molar-refractivity contribution in [2.24, 2.45) is 5.73 Å². The quantitative estimate of drug-likeness (QED) is 0.893. The number of pyridine rings is 1. The molecule has 2 N–H and O–H groups in total. The average Bonchev–Trinajstić information content (AvgIpc) is 2.48. The fraction of sp³-hybridized carbons (Fsp3) is 0.357. The van der Waals surface area contributed by atoms with Crippen LogP contribution in [-0.4, -0.2) is 15.2 Å². The van der Waals surface area contributed by atoms with Crippen molar-refractivity contribution in [1.82, 2.24) is 15.2 Å². The average molecular weight is 353 g/mol. The minimum absolute atomic E-state index is 0.477. The molecule has 0 aliphatic carbocycles. The number of aromatic nitrogens is 3. The number of aryl methyl sites for hydroxylation is 1. The van der Waals surface area contributed by atoms with Crippen molar-refractivity contribution in [1.29, 1.82) is 0 Å². The first kappa shape index (κ1) is 15.4. The molecule has 0 radical (unpaired) electrons. The second kappa shape index (κ2) is 7.15. The van der Waals surface area contributed by atoms with Crippen LogP contribution in [0.25, 0.3) is 0 Å². The molecule has 20 heavy (non-hydrogen) atoms. The lowest BCUT2D eigenvalue weighted by molar-refractivity contribution is 0.781. The number of halogens is 1. The lowest BCUT2D eigenvalue weighted by Crippen LogP contribution is -2.10. The van der Waals surface area contributed by atoms with E-state index in [0.717, 1.165) is 38.6 Å². The topological polar surface area (TPSA) is 64.7 Å². The highest BCUT2D eigenvalue weighted by Gasteiger charge is 2.14. The number of hydrogen-bond donors (Lipinski definition) is 1. The van der Waals surface area contributed by atoms with Gasteiger partial charge in [0.1, 0.15) is 10.1 Å². The Hall–Kier alpha value is -0.980. The van der Waals surface area contributed by atoms with Crippen LogP contribution in [0.1, 0.15) is 30.7 Å². The Kier molecular flexibility index (Phi) is 5.51. The third kappa shape index (κ3) is 3.37. The second-order valence-electron chi connectivity index (χ2n) is 4.24. The van der Waals surface area contributed by atoms with E-state index in [0.29, 0.717) is 6.54 Å². The van der Waals surface area contributed by atoms with Crippen LogP contribution in [0.2, 0.25) is 0 Å². The van der Waals surface area contributed by atoms with Gasteiger partial charge in [0.25, 0.3) is 0 Å². The van der Waals surface area contributed by atoms with Crippen LogP contribution in [0.3, 0.4) is 0 Å². The Balaban J connectivity index is 2.38. The maximum atomic E-state index is 5.92. The van der Waals surface area contributed by atoms with E-state index in [-0.39, 0.29) is 0 Å². The van der Waals surface area contributed by atoms with Crippen LogP contribution in [0.15, 0.2) is 32.9 Å². The summed E-state index contributed by atoms with van der Waals surface area (Å²) in [6, 6.07) is 3.92. The van der Waals surface area contributed by atoms with Crippen LogP contribution in [0.4, 0.5) is 0 Å². The monoisotopic (exact) mass is 352 g/mol. The molecule has 0 unspecified atom stereocenters. The molecule has 6 heteroatoms. The fourth-order valence-corrected chi connectivity index (χ4v) is 3.13. The highest BCUT2D eigenvalue weighted by Crippen LogP contribution is 2.30. The molecule has 0 saturated heterocycles. The Bertz CT molecular complexity index is 586. The number of rotatable bonds is 5. The van der Waals surface area contributed by atoms with Gasteiger partial charge < -0.3 is 5.73 Å². The summed E-state index contributed by atoms with van der Waals surface area (Å²) in [5.41, 5.74) is 9.28. The summed E-state index contributed by atoms with van der Waals surface area (Å²) in [7, 11) is 0. The lowest BCUT2D eigenvalue weighted by atomic mass is 10.0. The summed E-state index contributed by atoms with van der Waals surface area (Å²) in [5.74, 6) is 0. The fourth-order valence-electron chi connectivity index (χ4n) is 2.05. The van der Waals surface area contributed by atoms with Gasteiger partial charge in [0.05, 0.1) is 5.69 Å². The van der Waals surface area contributed by atoms with Gasteiger partial charge in [-0.25, -0.2) is 4.98 Å². The Labute approximate surface area is 131 Å². The Morgan fingerprint density at radius 3 is 2.50 bits per heavy atom. The number of nitrogens with zero attached hydrogens (tertiary/aromatic N) is 3. The Morgan fingerprint density at radius 2 is 1.95 bits per heavy atom. The van der Waals surface area contributed by atoms with Crippen LogP contribution in [-0.2, 0) is 19.4 Å². The SMILES string of the molecule is CCc1nnc(Sc2ccc(Br)cn2)c(CN)c1CC. The predicted octanol–water partition coefficient (Wildman–Crippen LogP) is 3.37.